The van der Waals surface area contributed by atoms with E-state index < -0.39 is 5.97 Å². The van der Waals surface area contributed by atoms with E-state index in [0.29, 0.717) is 23.6 Å². The van der Waals surface area contributed by atoms with Crippen molar-refractivity contribution >= 4 is 11.6 Å². The lowest BCUT2D eigenvalue weighted by molar-refractivity contribution is -0.136. The fourth-order valence-electron chi connectivity index (χ4n) is 3.00. The molecule has 0 saturated carbocycles. The molecule has 6 heteroatoms. The van der Waals surface area contributed by atoms with E-state index in [4.69, 9.17) is 19.6 Å². The molecule has 6 nitrogen and oxygen atoms in total. The molecule has 1 N–H and O–H groups in total. The first-order valence-corrected chi connectivity index (χ1v) is 7.96. The number of hydrogen-bond donors (Lipinski definition) is 1. The molecule has 0 amide bonds. The average molecular weight is 340 g/mol. The molecule has 0 saturated heterocycles. The molecule has 0 aliphatic heterocycles. The third-order valence-electron chi connectivity index (χ3n) is 4.17. The molecule has 3 aromatic rings. The van der Waals surface area contributed by atoms with E-state index in [2.05, 4.69) is 0 Å². The van der Waals surface area contributed by atoms with Crippen molar-refractivity contribution in [3.63, 3.8) is 0 Å². The van der Waals surface area contributed by atoms with Crippen molar-refractivity contribution in [2.75, 3.05) is 14.2 Å². The van der Waals surface area contributed by atoms with Gasteiger partial charge in [-0.3, -0.25) is 4.79 Å². The number of imidazole rings is 1. The Kier molecular flexibility index (Phi) is 4.61. The Bertz CT molecular complexity index is 931. The molecule has 0 atom stereocenters. The Morgan fingerprint density at radius 2 is 2.00 bits per heavy atom. The maximum atomic E-state index is 11.1. The summed E-state index contributed by atoms with van der Waals surface area (Å²) in [6.07, 6.45) is 0.401. The molecule has 0 bridgehead atoms. The molecule has 0 unspecified atom stereocenters. The highest BCUT2D eigenvalue weighted by Crippen LogP contribution is 2.36. The van der Waals surface area contributed by atoms with Gasteiger partial charge in [0.1, 0.15) is 17.1 Å². The standard InChI is InChI=1S/C19H20N2O4/c1-12-5-4-6-17-20-19(15(21(12)17)8-10-18(22)23)14-11-13(24-2)7-9-16(14)25-3/h4-7,9,11H,8,10H2,1-3H3,(H,22,23). The summed E-state index contributed by atoms with van der Waals surface area (Å²) in [5.41, 5.74) is 4.12. The van der Waals surface area contributed by atoms with Crippen LogP contribution in [-0.4, -0.2) is 34.7 Å². The van der Waals surface area contributed by atoms with Gasteiger partial charge >= 0.3 is 5.97 Å². The number of aryl methyl sites for hydroxylation is 2. The molecular weight excluding hydrogens is 320 g/mol. The number of carboxylic acids is 1. The summed E-state index contributed by atoms with van der Waals surface area (Å²) in [6.45, 7) is 1.98. The molecule has 3 rings (SSSR count). The van der Waals surface area contributed by atoms with Gasteiger partial charge in [-0.2, -0.15) is 0 Å². The minimum Gasteiger partial charge on any atom is -0.497 e. The summed E-state index contributed by atoms with van der Waals surface area (Å²) in [4.78, 5) is 15.9. The quantitative estimate of drug-likeness (QED) is 0.745. The van der Waals surface area contributed by atoms with Gasteiger partial charge in [0.05, 0.1) is 32.0 Å². The summed E-state index contributed by atoms with van der Waals surface area (Å²) in [6, 6.07) is 11.3. The topological polar surface area (TPSA) is 73.1 Å². The lowest BCUT2D eigenvalue weighted by Gasteiger charge is -2.11. The summed E-state index contributed by atoms with van der Waals surface area (Å²) in [7, 11) is 3.20. The van der Waals surface area contributed by atoms with Crippen molar-refractivity contribution in [1.29, 1.82) is 0 Å². The van der Waals surface area contributed by atoms with Crippen molar-refractivity contribution in [1.82, 2.24) is 9.38 Å². The average Bonchev–Trinajstić information content (AvgIpc) is 2.99. The largest absolute Gasteiger partial charge is 0.497 e. The monoisotopic (exact) mass is 340 g/mol. The Morgan fingerprint density at radius 1 is 1.20 bits per heavy atom. The van der Waals surface area contributed by atoms with E-state index in [1.807, 2.05) is 47.7 Å². The summed E-state index contributed by atoms with van der Waals surface area (Å²) in [5, 5.41) is 9.12. The fraction of sp³-hybridized carbons (Fsp3) is 0.263. The van der Waals surface area contributed by atoms with Gasteiger partial charge in [0.2, 0.25) is 0 Å². The highest BCUT2D eigenvalue weighted by molar-refractivity contribution is 5.75. The summed E-state index contributed by atoms with van der Waals surface area (Å²) >= 11 is 0. The predicted molar refractivity (Wildman–Crippen MR) is 94.4 cm³/mol. The number of methoxy groups -OCH3 is 2. The Morgan fingerprint density at radius 3 is 2.68 bits per heavy atom. The number of hydrogen-bond acceptors (Lipinski definition) is 4. The first kappa shape index (κ1) is 16.8. The van der Waals surface area contributed by atoms with E-state index in [-0.39, 0.29) is 6.42 Å². The molecular formula is C19H20N2O4. The second kappa shape index (κ2) is 6.84. The number of ether oxygens (including phenoxy) is 2. The lowest BCUT2D eigenvalue weighted by atomic mass is 10.1. The molecule has 2 heterocycles. The van der Waals surface area contributed by atoms with E-state index in [0.717, 1.165) is 22.6 Å². The second-order valence-electron chi connectivity index (χ2n) is 5.73. The molecule has 0 fully saturated rings. The maximum Gasteiger partial charge on any atom is 0.303 e. The third kappa shape index (κ3) is 3.15. The van der Waals surface area contributed by atoms with E-state index in [9.17, 15) is 4.79 Å². The van der Waals surface area contributed by atoms with Crippen LogP contribution in [0.5, 0.6) is 11.5 Å². The summed E-state index contributed by atoms with van der Waals surface area (Å²) in [5.74, 6) is 0.513. The van der Waals surface area contributed by atoms with Gasteiger partial charge in [-0.15, -0.1) is 0 Å². The Balaban J connectivity index is 2.27. The maximum absolute atomic E-state index is 11.1. The lowest BCUT2D eigenvalue weighted by Crippen LogP contribution is -2.03. The van der Waals surface area contributed by atoms with Crippen LogP contribution in [0.4, 0.5) is 0 Å². The second-order valence-corrected chi connectivity index (χ2v) is 5.73. The van der Waals surface area contributed by atoms with Crippen LogP contribution in [0.3, 0.4) is 0 Å². The van der Waals surface area contributed by atoms with Gasteiger partial charge in [-0.05, 0) is 37.3 Å². The van der Waals surface area contributed by atoms with Crippen LogP contribution in [-0.2, 0) is 11.2 Å². The third-order valence-corrected chi connectivity index (χ3v) is 4.17. The van der Waals surface area contributed by atoms with E-state index >= 15 is 0 Å². The number of rotatable bonds is 6. The smallest absolute Gasteiger partial charge is 0.303 e. The number of benzene rings is 1. The van der Waals surface area contributed by atoms with Crippen molar-refractivity contribution in [3.8, 4) is 22.8 Å². The van der Waals surface area contributed by atoms with E-state index in [1.165, 1.54) is 0 Å². The SMILES string of the molecule is COc1ccc(OC)c(-c2nc3cccc(C)n3c2CCC(=O)O)c1. The minimum absolute atomic E-state index is 0.0292. The molecule has 1 aromatic carbocycles. The normalized spacial score (nSPS) is 10.8. The first-order chi connectivity index (χ1) is 12.0. The van der Waals surface area contributed by atoms with E-state index in [1.54, 1.807) is 14.2 Å². The van der Waals surface area contributed by atoms with Crippen molar-refractivity contribution in [2.24, 2.45) is 0 Å². The molecule has 0 aliphatic rings. The predicted octanol–water partition coefficient (Wildman–Crippen LogP) is 3.34. The molecule has 0 radical (unpaired) electrons. The highest BCUT2D eigenvalue weighted by Gasteiger charge is 2.19. The van der Waals surface area contributed by atoms with Crippen LogP contribution in [0.2, 0.25) is 0 Å². The van der Waals surface area contributed by atoms with Gasteiger partial charge in [0.15, 0.2) is 0 Å². The number of aromatic nitrogens is 2. The van der Waals surface area contributed by atoms with Gasteiger partial charge in [-0.25, -0.2) is 4.98 Å². The molecule has 0 spiro atoms. The van der Waals surface area contributed by atoms with Crippen LogP contribution >= 0.6 is 0 Å². The van der Waals surface area contributed by atoms with Crippen LogP contribution in [0.15, 0.2) is 36.4 Å². The van der Waals surface area contributed by atoms with Gasteiger partial charge in [0.25, 0.3) is 0 Å². The number of nitrogens with zero attached hydrogens (tertiary/aromatic N) is 2. The van der Waals surface area contributed by atoms with Gasteiger partial charge in [0, 0.05) is 17.7 Å². The van der Waals surface area contributed by atoms with Crippen LogP contribution < -0.4 is 9.47 Å². The first-order valence-electron chi connectivity index (χ1n) is 7.96. The highest BCUT2D eigenvalue weighted by atomic mass is 16.5. The van der Waals surface area contributed by atoms with Crippen molar-refractivity contribution < 1.29 is 19.4 Å². The number of fused-ring (bicyclic) bond motifs is 1. The van der Waals surface area contributed by atoms with Crippen molar-refractivity contribution in [3.05, 3.63) is 47.8 Å². The molecule has 130 valence electrons. The number of aliphatic carboxylic acids is 1. The number of carbonyl (C=O) groups is 1. The zero-order chi connectivity index (χ0) is 18.0. The zero-order valence-electron chi connectivity index (χ0n) is 14.4. The molecule has 0 aliphatic carbocycles. The number of pyridine rings is 1. The van der Waals surface area contributed by atoms with Gasteiger partial charge < -0.3 is 19.0 Å². The van der Waals surface area contributed by atoms with Crippen LogP contribution in [0.1, 0.15) is 17.8 Å². The zero-order valence-corrected chi connectivity index (χ0v) is 14.4. The van der Waals surface area contributed by atoms with Crippen LogP contribution in [0, 0.1) is 6.92 Å². The number of carboxylic acid groups (broad SMARTS) is 1. The minimum atomic E-state index is -0.841. The molecule has 2 aromatic heterocycles. The Labute approximate surface area is 145 Å². The Hall–Kier alpha value is -3.02. The van der Waals surface area contributed by atoms with Crippen molar-refractivity contribution in [2.45, 2.75) is 19.8 Å². The summed E-state index contributed by atoms with van der Waals surface area (Å²) < 4.78 is 12.8. The van der Waals surface area contributed by atoms with Gasteiger partial charge in [-0.1, -0.05) is 6.07 Å². The van der Waals surface area contributed by atoms with Crippen LogP contribution in [0.25, 0.3) is 16.9 Å². The molecule has 25 heavy (non-hydrogen) atoms. The fourth-order valence-corrected chi connectivity index (χ4v) is 3.00.